The zero-order valence-corrected chi connectivity index (χ0v) is 18.5. The van der Waals surface area contributed by atoms with Crippen molar-refractivity contribution in [2.24, 2.45) is 0 Å². The van der Waals surface area contributed by atoms with Crippen molar-refractivity contribution in [3.05, 3.63) is 82.7 Å². The molecule has 0 spiro atoms. The minimum absolute atomic E-state index is 0.256. The van der Waals surface area contributed by atoms with Crippen molar-refractivity contribution in [3.8, 4) is 11.1 Å². The molecule has 168 valence electrons. The molecule has 5 nitrogen and oxygen atoms in total. The lowest BCUT2D eigenvalue weighted by molar-refractivity contribution is 0.199. The monoisotopic (exact) mass is 467 g/mol. The van der Waals surface area contributed by atoms with E-state index in [2.05, 4.69) is 10.3 Å². The van der Waals surface area contributed by atoms with Gasteiger partial charge < -0.3 is 14.6 Å². The molecule has 0 aliphatic carbocycles. The minimum Gasteiger partial charge on any atom is -0.438 e. The first-order valence-electron chi connectivity index (χ1n) is 10.6. The molecule has 1 aromatic heterocycles. The fraction of sp³-hybridized carbons (Fsp3) is 0.200. The number of halogens is 3. The summed E-state index contributed by atoms with van der Waals surface area (Å²) < 4.78 is 33.4. The summed E-state index contributed by atoms with van der Waals surface area (Å²) in [6.45, 7) is 2.47. The largest absolute Gasteiger partial charge is 0.438 e. The highest BCUT2D eigenvalue weighted by atomic mass is 35.5. The molecule has 2 amide bonds. The first-order chi connectivity index (χ1) is 15.9. The molecule has 4 aromatic rings. The molecule has 2 heterocycles. The number of urea groups is 1. The molecule has 1 fully saturated rings. The van der Waals surface area contributed by atoms with Crippen LogP contribution < -0.4 is 5.32 Å². The normalized spacial score (nSPS) is 15.9. The average molecular weight is 468 g/mol. The van der Waals surface area contributed by atoms with Crippen LogP contribution in [0.2, 0.25) is 5.02 Å². The fourth-order valence-electron chi connectivity index (χ4n) is 4.11. The molecule has 3 aromatic carbocycles. The Hall–Kier alpha value is -3.45. The Morgan fingerprint density at radius 3 is 2.79 bits per heavy atom. The van der Waals surface area contributed by atoms with Crippen molar-refractivity contribution in [3.63, 3.8) is 0 Å². The van der Waals surface area contributed by atoms with Crippen molar-refractivity contribution in [1.29, 1.82) is 0 Å². The van der Waals surface area contributed by atoms with E-state index < -0.39 is 11.6 Å². The second kappa shape index (κ2) is 8.48. The van der Waals surface area contributed by atoms with Crippen LogP contribution in [0.5, 0.6) is 0 Å². The average Bonchev–Trinajstić information content (AvgIpc) is 3.42. The number of anilines is 1. The summed E-state index contributed by atoms with van der Waals surface area (Å²) in [5, 5.41) is 3.47. The molecule has 33 heavy (non-hydrogen) atoms. The molecule has 1 atom stereocenters. The lowest BCUT2D eigenvalue weighted by Gasteiger charge is -2.22. The second-order valence-corrected chi connectivity index (χ2v) is 8.51. The van der Waals surface area contributed by atoms with Crippen molar-refractivity contribution in [2.75, 3.05) is 11.9 Å². The number of hydrogen-bond acceptors (Lipinski definition) is 3. The zero-order chi connectivity index (χ0) is 23.1. The van der Waals surface area contributed by atoms with E-state index >= 15 is 0 Å². The molecular weight excluding hydrogens is 448 g/mol. The highest BCUT2D eigenvalue weighted by Gasteiger charge is 2.33. The van der Waals surface area contributed by atoms with Gasteiger partial charge in [-0.3, -0.25) is 0 Å². The van der Waals surface area contributed by atoms with Gasteiger partial charge in [0.15, 0.2) is 5.58 Å². The fourth-order valence-corrected chi connectivity index (χ4v) is 4.29. The summed E-state index contributed by atoms with van der Waals surface area (Å²) in [5.41, 5.74) is 3.47. The predicted molar refractivity (Wildman–Crippen MR) is 123 cm³/mol. The van der Waals surface area contributed by atoms with Gasteiger partial charge >= 0.3 is 6.03 Å². The van der Waals surface area contributed by atoms with E-state index in [9.17, 15) is 13.6 Å². The molecule has 1 aliphatic heterocycles. The van der Waals surface area contributed by atoms with E-state index in [0.717, 1.165) is 18.1 Å². The molecule has 0 unspecified atom stereocenters. The quantitative estimate of drug-likeness (QED) is 0.349. The number of oxazole rings is 1. The summed E-state index contributed by atoms with van der Waals surface area (Å²) in [4.78, 5) is 19.2. The summed E-state index contributed by atoms with van der Waals surface area (Å²) in [7, 11) is 0. The number of benzene rings is 3. The number of rotatable bonds is 3. The second-order valence-electron chi connectivity index (χ2n) is 8.10. The first-order valence-corrected chi connectivity index (χ1v) is 11.0. The van der Waals surface area contributed by atoms with E-state index in [1.54, 1.807) is 35.2 Å². The minimum atomic E-state index is -0.645. The standard InChI is InChI=1S/C25H20ClF2N3O2/c1-14-4-7-17(13-19(14)26)29-25(32)31-10-2-3-22(31)24-30-21-11-15(5-9-23(21)33-24)18-8-6-16(27)12-20(18)28/h4-9,11-13,22H,2-3,10H2,1H3,(H,29,32)/t22-/m0/s1. The molecular formula is C25H20ClF2N3O2. The number of nitrogens with zero attached hydrogens (tertiary/aromatic N) is 2. The Labute approximate surface area is 194 Å². The highest BCUT2D eigenvalue weighted by molar-refractivity contribution is 6.31. The topological polar surface area (TPSA) is 58.4 Å². The van der Waals surface area contributed by atoms with Gasteiger partial charge in [0.1, 0.15) is 23.2 Å². The number of amides is 2. The van der Waals surface area contributed by atoms with Gasteiger partial charge in [-0.25, -0.2) is 18.6 Å². The summed E-state index contributed by atoms with van der Waals surface area (Å²) >= 11 is 6.17. The van der Waals surface area contributed by atoms with Crippen LogP contribution in [-0.2, 0) is 0 Å². The predicted octanol–water partition coefficient (Wildman–Crippen LogP) is 7.10. The lowest BCUT2D eigenvalue weighted by atomic mass is 10.0. The molecule has 1 saturated heterocycles. The van der Waals surface area contributed by atoms with Crippen molar-refractivity contribution in [2.45, 2.75) is 25.8 Å². The third-order valence-corrected chi connectivity index (χ3v) is 6.28. The van der Waals surface area contributed by atoms with Gasteiger partial charge in [-0.2, -0.15) is 0 Å². The van der Waals surface area contributed by atoms with Gasteiger partial charge in [-0.15, -0.1) is 0 Å². The summed E-state index contributed by atoms with van der Waals surface area (Å²) in [6, 6.07) is 13.4. The number of fused-ring (bicyclic) bond motifs is 1. The van der Waals surface area contributed by atoms with E-state index in [1.807, 2.05) is 13.0 Å². The van der Waals surface area contributed by atoms with E-state index in [0.29, 0.717) is 46.2 Å². The third-order valence-electron chi connectivity index (χ3n) is 5.87. The number of nitrogens with one attached hydrogen (secondary N) is 1. The lowest BCUT2D eigenvalue weighted by Crippen LogP contribution is -2.34. The van der Waals surface area contributed by atoms with Crippen LogP contribution in [0, 0.1) is 18.6 Å². The van der Waals surface area contributed by atoms with E-state index in [-0.39, 0.29) is 17.6 Å². The Morgan fingerprint density at radius 2 is 2.00 bits per heavy atom. The third kappa shape index (κ3) is 4.16. The summed E-state index contributed by atoms with van der Waals surface area (Å²) in [6.07, 6.45) is 1.53. The van der Waals surface area contributed by atoms with Crippen LogP contribution in [0.15, 0.2) is 59.0 Å². The Morgan fingerprint density at radius 1 is 1.15 bits per heavy atom. The number of hydrogen-bond donors (Lipinski definition) is 1. The van der Waals surface area contributed by atoms with Crippen molar-refractivity contribution >= 4 is 34.4 Å². The molecule has 1 N–H and O–H groups in total. The molecule has 1 aliphatic rings. The van der Waals surface area contributed by atoms with E-state index in [4.69, 9.17) is 16.0 Å². The van der Waals surface area contributed by atoms with Crippen molar-refractivity contribution in [1.82, 2.24) is 9.88 Å². The first kappa shape index (κ1) is 21.4. The van der Waals surface area contributed by atoms with Crippen LogP contribution in [0.3, 0.4) is 0 Å². The number of carbonyl (C=O) groups excluding carboxylic acids is 1. The van der Waals surface area contributed by atoms with Crippen LogP contribution in [-0.4, -0.2) is 22.5 Å². The van der Waals surface area contributed by atoms with Crippen LogP contribution in [0.25, 0.3) is 22.2 Å². The van der Waals surface area contributed by atoms with Gasteiger partial charge in [-0.1, -0.05) is 23.7 Å². The van der Waals surface area contributed by atoms with Crippen LogP contribution in [0.4, 0.5) is 19.3 Å². The Kier molecular flexibility index (Phi) is 5.50. The van der Waals surface area contributed by atoms with E-state index in [1.165, 1.54) is 12.1 Å². The maximum absolute atomic E-state index is 14.2. The molecule has 5 rings (SSSR count). The molecule has 0 saturated carbocycles. The SMILES string of the molecule is Cc1ccc(NC(=O)N2CCC[C@H]2c2nc3cc(-c4ccc(F)cc4F)ccc3o2)cc1Cl. The van der Waals surface area contributed by atoms with Crippen molar-refractivity contribution < 1.29 is 18.0 Å². The van der Waals surface area contributed by atoms with Crippen LogP contribution in [0.1, 0.15) is 30.3 Å². The maximum atomic E-state index is 14.2. The zero-order valence-electron chi connectivity index (χ0n) is 17.7. The molecule has 0 radical (unpaired) electrons. The Bertz CT molecular complexity index is 1370. The van der Waals surface area contributed by atoms with Gasteiger partial charge in [0.25, 0.3) is 0 Å². The maximum Gasteiger partial charge on any atom is 0.322 e. The number of likely N-dealkylation sites (tertiary alicyclic amines) is 1. The van der Waals surface area contributed by atoms with Crippen LogP contribution >= 0.6 is 11.6 Å². The number of carbonyl (C=O) groups is 1. The molecule has 0 bridgehead atoms. The number of aryl methyl sites for hydroxylation is 1. The van der Waals surface area contributed by atoms with Gasteiger partial charge in [0.05, 0.1) is 0 Å². The van der Waals surface area contributed by atoms with Gasteiger partial charge in [0.2, 0.25) is 5.89 Å². The number of aromatic nitrogens is 1. The molecule has 8 heteroatoms. The Balaban J connectivity index is 1.40. The summed E-state index contributed by atoms with van der Waals surface area (Å²) in [5.74, 6) is -0.849. The smallest absolute Gasteiger partial charge is 0.322 e. The van der Waals surface area contributed by atoms with Gasteiger partial charge in [-0.05, 0) is 67.3 Å². The van der Waals surface area contributed by atoms with Gasteiger partial charge in [0, 0.05) is 28.9 Å². The highest BCUT2D eigenvalue weighted by Crippen LogP contribution is 2.35.